The second kappa shape index (κ2) is 9.94. The van der Waals surface area contributed by atoms with Crippen LogP contribution in [0.4, 0.5) is 0 Å². The van der Waals surface area contributed by atoms with Gasteiger partial charge in [0.2, 0.25) is 11.8 Å². The van der Waals surface area contributed by atoms with Crippen LogP contribution in [0.15, 0.2) is 30.3 Å². The molecule has 0 aliphatic rings. The van der Waals surface area contributed by atoms with E-state index in [1.807, 2.05) is 30.3 Å². The molecule has 1 rings (SSSR count). The molecular formula is C16H25N3O2. The minimum absolute atomic E-state index is 0.0317. The van der Waals surface area contributed by atoms with Gasteiger partial charge in [-0.15, -0.1) is 0 Å². The van der Waals surface area contributed by atoms with Crippen LogP contribution in [-0.2, 0) is 16.0 Å². The first kappa shape index (κ1) is 17.2. The van der Waals surface area contributed by atoms with Crippen molar-refractivity contribution < 1.29 is 9.59 Å². The smallest absolute Gasteiger partial charge is 0.239 e. The van der Waals surface area contributed by atoms with E-state index in [0.717, 1.165) is 25.2 Å². The summed E-state index contributed by atoms with van der Waals surface area (Å²) in [5, 5.41) is 5.44. The van der Waals surface area contributed by atoms with Gasteiger partial charge in [-0.2, -0.15) is 0 Å². The highest BCUT2D eigenvalue weighted by molar-refractivity contribution is 5.85. The molecule has 2 amide bonds. The van der Waals surface area contributed by atoms with Gasteiger partial charge in [0.15, 0.2) is 0 Å². The van der Waals surface area contributed by atoms with E-state index in [0.29, 0.717) is 13.0 Å². The second-order valence-electron chi connectivity index (χ2n) is 4.82. The number of nitrogens with zero attached hydrogens (tertiary/aromatic N) is 1. The van der Waals surface area contributed by atoms with Crippen molar-refractivity contribution in [2.24, 2.45) is 0 Å². The molecule has 0 heterocycles. The van der Waals surface area contributed by atoms with Crippen LogP contribution in [0.2, 0.25) is 0 Å². The van der Waals surface area contributed by atoms with E-state index >= 15 is 0 Å². The topological polar surface area (TPSA) is 61.4 Å². The lowest BCUT2D eigenvalue weighted by molar-refractivity contribution is -0.125. The van der Waals surface area contributed by atoms with E-state index in [1.165, 1.54) is 0 Å². The molecule has 21 heavy (non-hydrogen) atoms. The molecule has 0 radical (unpaired) electrons. The fraction of sp³-hybridized carbons (Fsp3) is 0.500. The molecule has 0 spiro atoms. The van der Waals surface area contributed by atoms with Crippen molar-refractivity contribution >= 4 is 11.8 Å². The molecule has 0 fully saturated rings. The molecule has 0 aliphatic heterocycles. The Kier molecular flexibility index (Phi) is 8.12. The number of likely N-dealkylation sites (N-methyl/N-ethyl adjacent to an activating group) is 1. The van der Waals surface area contributed by atoms with Gasteiger partial charge < -0.3 is 15.5 Å². The Hall–Kier alpha value is -1.88. The molecule has 116 valence electrons. The van der Waals surface area contributed by atoms with Crippen LogP contribution in [0.25, 0.3) is 0 Å². The van der Waals surface area contributed by atoms with Crippen LogP contribution in [0.3, 0.4) is 0 Å². The van der Waals surface area contributed by atoms with Crippen LogP contribution < -0.4 is 10.6 Å². The third-order valence-electron chi connectivity index (χ3n) is 3.30. The molecular weight excluding hydrogens is 266 g/mol. The number of nitrogens with one attached hydrogen (secondary N) is 2. The summed E-state index contributed by atoms with van der Waals surface area (Å²) >= 11 is 0. The minimum atomic E-state index is -0.149. The second-order valence-corrected chi connectivity index (χ2v) is 4.82. The van der Waals surface area contributed by atoms with Crippen molar-refractivity contribution in [2.45, 2.75) is 20.3 Å². The maximum atomic E-state index is 11.7. The number of hydrogen-bond acceptors (Lipinski definition) is 3. The molecule has 0 saturated heterocycles. The van der Waals surface area contributed by atoms with E-state index in [9.17, 15) is 9.59 Å². The highest BCUT2D eigenvalue weighted by Gasteiger charge is 2.06. The van der Waals surface area contributed by atoms with Crippen molar-refractivity contribution in [1.29, 1.82) is 0 Å². The first-order valence-corrected chi connectivity index (χ1v) is 7.45. The number of carbonyl (C=O) groups excluding carboxylic acids is 2. The standard InChI is InChI=1S/C16H25N3O2/c1-3-19(4-2)11-10-17-16(21)13-18-15(20)12-14-8-6-5-7-9-14/h5-9H,3-4,10-13H2,1-2H3,(H,17,21)(H,18,20). The van der Waals surface area contributed by atoms with Gasteiger partial charge in [-0.1, -0.05) is 44.2 Å². The maximum Gasteiger partial charge on any atom is 0.239 e. The van der Waals surface area contributed by atoms with Gasteiger partial charge in [-0.3, -0.25) is 9.59 Å². The van der Waals surface area contributed by atoms with Crippen molar-refractivity contribution in [3.63, 3.8) is 0 Å². The van der Waals surface area contributed by atoms with Crippen molar-refractivity contribution in [3.05, 3.63) is 35.9 Å². The van der Waals surface area contributed by atoms with Gasteiger partial charge in [-0.25, -0.2) is 0 Å². The van der Waals surface area contributed by atoms with Crippen LogP contribution in [0.5, 0.6) is 0 Å². The molecule has 0 saturated carbocycles. The van der Waals surface area contributed by atoms with E-state index < -0.39 is 0 Å². The van der Waals surface area contributed by atoms with Crippen molar-refractivity contribution in [2.75, 3.05) is 32.7 Å². The summed E-state index contributed by atoms with van der Waals surface area (Å²) in [4.78, 5) is 25.5. The zero-order chi connectivity index (χ0) is 15.5. The first-order chi connectivity index (χ1) is 10.2. The van der Waals surface area contributed by atoms with Crippen LogP contribution in [0, 0.1) is 0 Å². The molecule has 5 heteroatoms. The molecule has 2 N–H and O–H groups in total. The first-order valence-electron chi connectivity index (χ1n) is 7.45. The predicted octanol–water partition coefficient (Wildman–Crippen LogP) is 0.803. The third-order valence-corrected chi connectivity index (χ3v) is 3.30. The largest absolute Gasteiger partial charge is 0.353 e. The summed E-state index contributed by atoms with van der Waals surface area (Å²) in [6.07, 6.45) is 0.299. The predicted molar refractivity (Wildman–Crippen MR) is 84.0 cm³/mol. The van der Waals surface area contributed by atoms with E-state index in [2.05, 4.69) is 29.4 Å². The monoisotopic (exact) mass is 291 g/mol. The molecule has 0 bridgehead atoms. The Morgan fingerprint density at radius 1 is 1.00 bits per heavy atom. The lowest BCUT2D eigenvalue weighted by Gasteiger charge is -2.17. The van der Waals surface area contributed by atoms with Gasteiger partial charge in [0.25, 0.3) is 0 Å². The van der Waals surface area contributed by atoms with E-state index in [4.69, 9.17) is 0 Å². The average molecular weight is 291 g/mol. The Bertz CT molecular complexity index is 430. The van der Waals surface area contributed by atoms with E-state index in [-0.39, 0.29) is 18.4 Å². The maximum absolute atomic E-state index is 11.7. The number of benzene rings is 1. The summed E-state index contributed by atoms with van der Waals surface area (Å²) in [5.74, 6) is -0.288. The third kappa shape index (κ3) is 7.46. The van der Waals surface area contributed by atoms with Gasteiger partial charge >= 0.3 is 0 Å². The number of rotatable bonds is 9. The Morgan fingerprint density at radius 3 is 2.29 bits per heavy atom. The fourth-order valence-corrected chi connectivity index (χ4v) is 1.98. The molecule has 0 aliphatic carbocycles. The van der Waals surface area contributed by atoms with E-state index in [1.54, 1.807) is 0 Å². The Morgan fingerprint density at radius 2 is 1.67 bits per heavy atom. The number of amides is 2. The summed E-state index contributed by atoms with van der Waals surface area (Å²) in [5.41, 5.74) is 0.942. The average Bonchev–Trinajstić information content (AvgIpc) is 2.50. The highest BCUT2D eigenvalue weighted by atomic mass is 16.2. The van der Waals surface area contributed by atoms with Crippen molar-refractivity contribution in [3.8, 4) is 0 Å². The van der Waals surface area contributed by atoms with Gasteiger partial charge in [-0.05, 0) is 18.7 Å². The van der Waals surface area contributed by atoms with Crippen LogP contribution >= 0.6 is 0 Å². The highest BCUT2D eigenvalue weighted by Crippen LogP contribution is 1.98. The number of carbonyl (C=O) groups is 2. The lowest BCUT2D eigenvalue weighted by atomic mass is 10.1. The Labute approximate surface area is 126 Å². The lowest BCUT2D eigenvalue weighted by Crippen LogP contribution is -2.40. The van der Waals surface area contributed by atoms with Gasteiger partial charge in [0, 0.05) is 13.1 Å². The molecule has 5 nitrogen and oxygen atoms in total. The van der Waals surface area contributed by atoms with Gasteiger partial charge in [0.1, 0.15) is 0 Å². The molecule has 0 atom stereocenters. The normalized spacial score (nSPS) is 10.4. The molecule has 1 aromatic rings. The summed E-state index contributed by atoms with van der Waals surface area (Å²) in [7, 11) is 0. The quantitative estimate of drug-likeness (QED) is 0.707. The summed E-state index contributed by atoms with van der Waals surface area (Å²) < 4.78 is 0. The molecule has 1 aromatic carbocycles. The van der Waals surface area contributed by atoms with Crippen molar-refractivity contribution in [1.82, 2.24) is 15.5 Å². The molecule has 0 aromatic heterocycles. The zero-order valence-electron chi connectivity index (χ0n) is 12.9. The number of hydrogen-bond donors (Lipinski definition) is 2. The minimum Gasteiger partial charge on any atom is -0.353 e. The molecule has 0 unspecified atom stereocenters. The van der Waals surface area contributed by atoms with Crippen LogP contribution in [-0.4, -0.2) is 49.4 Å². The van der Waals surface area contributed by atoms with Gasteiger partial charge in [0.05, 0.1) is 13.0 Å². The van der Waals surface area contributed by atoms with Crippen LogP contribution in [0.1, 0.15) is 19.4 Å². The summed E-state index contributed by atoms with van der Waals surface area (Å²) in [6.45, 7) is 7.60. The summed E-state index contributed by atoms with van der Waals surface area (Å²) in [6, 6.07) is 9.48. The SMILES string of the molecule is CCN(CC)CCNC(=O)CNC(=O)Cc1ccccc1. The zero-order valence-corrected chi connectivity index (χ0v) is 12.9. The fourth-order valence-electron chi connectivity index (χ4n) is 1.98. The Balaban J connectivity index is 2.16.